The minimum atomic E-state index is -0.581. The lowest BCUT2D eigenvalue weighted by Crippen LogP contribution is -2.46. The molecule has 6 nitrogen and oxygen atoms in total. The van der Waals surface area contributed by atoms with Crippen LogP contribution in [0.4, 0.5) is 0 Å². The molecule has 120 valence electrons. The normalized spacial score (nSPS) is 23.1. The molecular weight excluding hydrogens is 294 g/mol. The van der Waals surface area contributed by atoms with E-state index in [-0.39, 0.29) is 18.6 Å². The van der Waals surface area contributed by atoms with Crippen LogP contribution in [0.25, 0.3) is 0 Å². The van der Waals surface area contributed by atoms with Gasteiger partial charge in [0.05, 0.1) is 12.2 Å². The van der Waals surface area contributed by atoms with Crippen LogP contribution in [0.1, 0.15) is 24.4 Å². The van der Waals surface area contributed by atoms with Gasteiger partial charge in [-0.2, -0.15) is 5.10 Å². The molecule has 2 aromatic rings. The Labute approximate surface area is 134 Å². The number of amides is 1. The third-order valence-electron chi connectivity index (χ3n) is 4.43. The van der Waals surface area contributed by atoms with Crippen LogP contribution in [-0.4, -0.2) is 39.8 Å². The van der Waals surface area contributed by atoms with Crippen molar-refractivity contribution in [3.05, 3.63) is 42.2 Å². The highest BCUT2D eigenvalue weighted by atomic mass is 16.6. The summed E-state index contributed by atoms with van der Waals surface area (Å²) in [5, 5.41) is 4.22. The molecule has 0 unspecified atom stereocenters. The number of nitrogens with zero attached hydrogens (tertiary/aromatic N) is 3. The van der Waals surface area contributed by atoms with E-state index in [1.54, 1.807) is 4.68 Å². The lowest BCUT2D eigenvalue weighted by molar-refractivity contribution is -0.142. The van der Waals surface area contributed by atoms with Gasteiger partial charge in [0.1, 0.15) is 6.61 Å². The molecule has 4 rings (SSSR count). The number of para-hydroxylation sites is 2. The number of hydrogen-bond donors (Lipinski definition) is 0. The van der Waals surface area contributed by atoms with Gasteiger partial charge in [0.25, 0.3) is 5.91 Å². The van der Waals surface area contributed by atoms with Gasteiger partial charge >= 0.3 is 0 Å². The van der Waals surface area contributed by atoms with Crippen LogP contribution >= 0.6 is 0 Å². The highest BCUT2D eigenvalue weighted by Crippen LogP contribution is 2.35. The van der Waals surface area contributed by atoms with Crippen molar-refractivity contribution < 1.29 is 14.3 Å². The Morgan fingerprint density at radius 2 is 2.13 bits per heavy atom. The lowest BCUT2D eigenvalue weighted by Gasteiger charge is -2.31. The van der Waals surface area contributed by atoms with E-state index in [1.165, 1.54) is 0 Å². The van der Waals surface area contributed by atoms with Crippen molar-refractivity contribution in [1.29, 1.82) is 0 Å². The van der Waals surface area contributed by atoms with Crippen molar-refractivity contribution in [2.45, 2.75) is 25.0 Å². The van der Waals surface area contributed by atoms with Gasteiger partial charge in [-0.05, 0) is 25.0 Å². The zero-order valence-corrected chi connectivity index (χ0v) is 13.0. The molecule has 6 heteroatoms. The number of carbonyl (C=O) groups is 1. The minimum absolute atomic E-state index is 0.00847. The van der Waals surface area contributed by atoms with Crippen LogP contribution in [-0.2, 0) is 11.8 Å². The van der Waals surface area contributed by atoms with Crippen molar-refractivity contribution in [2.24, 2.45) is 7.05 Å². The van der Waals surface area contributed by atoms with Crippen LogP contribution in [0.2, 0.25) is 0 Å². The molecule has 1 saturated heterocycles. The quantitative estimate of drug-likeness (QED) is 0.850. The maximum absolute atomic E-state index is 12.9. The molecule has 2 aliphatic rings. The predicted molar refractivity (Wildman–Crippen MR) is 83.2 cm³/mol. The van der Waals surface area contributed by atoms with Crippen molar-refractivity contribution in [3.8, 4) is 11.5 Å². The average molecular weight is 313 g/mol. The number of ether oxygens (including phenoxy) is 2. The lowest BCUT2D eigenvalue weighted by atomic mass is 10.1. The van der Waals surface area contributed by atoms with Gasteiger partial charge in [-0.3, -0.25) is 9.48 Å². The molecule has 0 radical (unpaired) electrons. The molecule has 0 spiro atoms. The predicted octanol–water partition coefficient (Wildman–Crippen LogP) is 1.92. The third-order valence-corrected chi connectivity index (χ3v) is 4.43. The molecule has 2 aliphatic heterocycles. The topological polar surface area (TPSA) is 56.6 Å². The van der Waals surface area contributed by atoms with Crippen LogP contribution in [0.3, 0.4) is 0 Å². The second-order valence-corrected chi connectivity index (χ2v) is 6.00. The summed E-state index contributed by atoms with van der Waals surface area (Å²) in [6.07, 6.45) is 5.19. The molecule has 1 aromatic carbocycles. The Morgan fingerprint density at radius 1 is 1.30 bits per heavy atom. The molecule has 23 heavy (non-hydrogen) atoms. The van der Waals surface area contributed by atoms with Crippen LogP contribution in [0, 0.1) is 0 Å². The van der Waals surface area contributed by atoms with Gasteiger partial charge in [0, 0.05) is 25.4 Å². The number of likely N-dealkylation sites (tertiary alicyclic amines) is 1. The Balaban J connectivity index is 1.52. The summed E-state index contributed by atoms with van der Waals surface area (Å²) in [4.78, 5) is 14.8. The molecule has 0 N–H and O–H groups in total. The molecule has 3 heterocycles. The number of benzene rings is 1. The van der Waals surface area contributed by atoms with Gasteiger partial charge in [-0.25, -0.2) is 0 Å². The van der Waals surface area contributed by atoms with Gasteiger partial charge in [-0.15, -0.1) is 0 Å². The number of fused-ring (bicyclic) bond motifs is 1. The fourth-order valence-electron chi connectivity index (χ4n) is 3.32. The summed E-state index contributed by atoms with van der Waals surface area (Å²) in [7, 11) is 1.89. The SMILES string of the molecule is Cn1cc([C@H]2CCCN2C(=O)[C@H]2COc3ccccc3O2)cn1. The molecule has 1 amide bonds. The van der Waals surface area contributed by atoms with Crippen molar-refractivity contribution in [1.82, 2.24) is 14.7 Å². The fraction of sp³-hybridized carbons (Fsp3) is 0.412. The number of aromatic nitrogens is 2. The summed E-state index contributed by atoms with van der Waals surface area (Å²) >= 11 is 0. The first-order chi connectivity index (χ1) is 11.2. The molecular formula is C17H19N3O3. The number of carbonyl (C=O) groups excluding carboxylic acids is 1. The van der Waals surface area contributed by atoms with Crippen molar-refractivity contribution >= 4 is 5.91 Å². The molecule has 1 fully saturated rings. The first kappa shape index (κ1) is 14.1. The zero-order chi connectivity index (χ0) is 15.8. The Hall–Kier alpha value is -2.50. The van der Waals surface area contributed by atoms with Crippen LogP contribution in [0.15, 0.2) is 36.7 Å². The van der Waals surface area contributed by atoms with Crippen molar-refractivity contribution in [2.75, 3.05) is 13.2 Å². The molecule has 0 bridgehead atoms. The summed E-state index contributed by atoms with van der Waals surface area (Å²) < 4.78 is 13.3. The number of aryl methyl sites for hydroxylation is 1. The summed E-state index contributed by atoms with van der Waals surface area (Å²) in [6, 6.07) is 7.53. The van der Waals surface area contributed by atoms with E-state index in [2.05, 4.69) is 5.10 Å². The summed E-state index contributed by atoms with van der Waals surface area (Å²) in [5.41, 5.74) is 1.08. The first-order valence-corrected chi connectivity index (χ1v) is 7.90. The van der Waals surface area contributed by atoms with Gasteiger partial charge in [-0.1, -0.05) is 12.1 Å². The van der Waals surface area contributed by atoms with E-state index in [4.69, 9.17) is 9.47 Å². The largest absolute Gasteiger partial charge is 0.485 e. The molecule has 1 aromatic heterocycles. The summed E-state index contributed by atoms with van der Waals surface area (Å²) in [5.74, 6) is 1.32. The van der Waals surface area contributed by atoms with E-state index in [0.29, 0.717) is 11.5 Å². The highest BCUT2D eigenvalue weighted by Gasteiger charge is 2.37. The number of hydrogen-bond acceptors (Lipinski definition) is 4. The highest BCUT2D eigenvalue weighted by molar-refractivity contribution is 5.82. The Kier molecular flexibility index (Phi) is 3.44. The second-order valence-electron chi connectivity index (χ2n) is 6.00. The van der Waals surface area contributed by atoms with Gasteiger partial charge in [0.2, 0.25) is 6.10 Å². The number of rotatable bonds is 2. The summed E-state index contributed by atoms with van der Waals surface area (Å²) in [6.45, 7) is 1.01. The maximum atomic E-state index is 12.9. The van der Waals surface area contributed by atoms with E-state index < -0.39 is 6.10 Å². The Bertz CT molecular complexity index is 727. The molecule has 0 saturated carbocycles. The molecule has 0 aliphatic carbocycles. The van der Waals surface area contributed by atoms with Gasteiger partial charge < -0.3 is 14.4 Å². The van der Waals surface area contributed by atoms with Gasteiger partial charge in [0.15, 0.2) is 11.5 Å². The van der Waals surface area contributed by atoms with Crippen LogP contribution in [0.5, 0.6) is 11.5 Å². The van der Waals surface area contributed by atoms with Crippen molar-refractivity contribution in [3.63, 3.8) is 0 Å². The minimum Gasteiger partial charge on any atom is -0.485 e. The smallest absolute Gasteiger partial charge is 0.267 e. The van der Waals surface area contributed by atoms with E-state index in [9.17, 15) is 4.79 Å². The van der Waals surface area contributed by atoms with E-state index in [1.807, 2.05) is 48.6 Å². The van der Waals surface area contributed by atoms with E-state index in [0.717, 1.165) is 24.9 Å². The standard InChI is InChI=1S/C17H19N3O3/c1-19-10-12(9-18-19)13-5-4-8-20(13)17(21)16-11-22-14-6-2-3-7-15(14)23-16/h2-3,6-7,9-10,13,16H,4-5,8,11H2,1H3/t13-,16-/m1/s1. The van der Waals surface area contributed by atoms with E-state index >= 15 is 0 Å². The molecule has 2 atom stereocenters. The first-order valence-electron chi connectivity index (χ1n) is 7.90. The third kappa shape index (κ3) is 2.54. The zero-order valence-electron chi connectivity index (χ0n) is 13.0. The fourth-order valence-corrected chi connectivity index (χ4v) is 3.32. The monoisotopic (exact) mass is 313 g/mol. The maximum Gasteiger partial charge on any atom is 0.267 e. The van der Waals surface area contributed by atoms with Crippen LogP contribution < -0.4 is 9.47 Å². The Morgan fingerprint density at radius 3 is 2.91 bits per heavy atom. The average Bonchev–Trinajstić information content (AvgIpc) is 3.22. The second kappa shape index (κ2) is 5.61.